The number of hydrogen-bond acceptors (Lipinski definition) is 14. The summed E-state index contributed by atoms with van der Waals surface area (Å²) in [7, 11) is 1.43. The lowest BCUT2D eigenvalue weighted by Gasteiger charge is -2.38. The number of aliphatic hydroxyl groups is 2. The molecule has 64 heavy (non-hydrogen) atoms. The lowest BCUT2D eigenvalue weighted by atomic mass is 9.78. The van der Waals surface area contributed by atoms with Gasteiger partial charge in [-0.3, -0.25) is 24.0 Å². The van der Waals surface area contributed by atoms with Crippen LogP contribution in [0.15, 0.2) is 77.9 Å². The van der Waals surface area contributed by atoms with Gasteiger partial charge in [0.2, 0.25) is 11.6 Å². The Hall–Kier alpha value is -5.90. The first kappa shape index (κ1) is 47.6. The molecule has 15 nitrogen and oxygen atoms in total. The molecule has 7 rings (SSSR count). The molecule has 4 aliphatic heterocycles. The third kappa shape index (κ3) is 9.19. The summed E-state index contributed by atoms with van der Waals surface area (Å²) in [5.74, 6) is -9.77. The van der Waals surface area contributed by atoms with Crippen LogP contribution in [0.4, 0.5) is 0 Å². The number of benzene rings is 2. The van der Waals surface area contributed by atoms with Gasteiger partial charge in [-0.25, -0.2) is 4.79 Å². The third-order valence-electron chi connectivity index (χ3n) is 12.8. The Bertz CT molecular complexity index is 2320. The van der Waals surface area contributed by atoms with Crippen molar-refractivity contribution in [2.24, 2.45) is 23.7 Å². The Morgan fingerprint density at radius 1 is 0.859 bits per heavy atom. The first-order valence-electron chi connectivity index (χ1n) is 21.7. The number of nitrogens with zero attached hydrogens (tertiary/aromatic N) is 1. The van der Waals surface area contributed by atoms with E-state index in [4.69, 9.17) is 23.7 Å². The van der Waals surface area contributed by atoms with E-state index >= 15 is 9.59 Å². The summed E-state index contributed by atoms with van der Waals surface area (Å²) in [6.07, 6.45) is 5.67. The van der Waals surface area contributed by atoms with Gasteiger partial charge in [0.15, 0.2) is 0 Å². The van der Waals surface area contributed by atoms with E-state index in [1.165, 1.54) is 65.4 Å². The van der Waals surface area contributed by atoms with Crippen LogP contribution in [0.2, 0.25) is 0 Å². The molecule has 5 bridgehead atoms. The highest BCUT2D eigenvalue weighted by Crippen LogP contribution is 2.50. The molecule has 0 spiro atoms. The third-order valence-corrected chi connectivity index (χ3v) is 12.8. The normalized spacial score (nSPS) is 31.0. The number of ketones is 3. The molecular formula is C49H58N2O13. The zero-order valence-electron chi connectivity index (χ0n) is 37.8. The fraction of sp³-hybridized carbons (Fsp3) is 0.469. The number of hydrogen-bond donors (Lipinski definition) is 3. The standard InChI is InChI=1S/C49H58N2O13/c1-25-17-16-18-26(2)47(58)50-37-38(51-22-14-11-15-23-51)42(56)34-35(41(37)55)44(63-48(59)32-19-12-10-13-20-32)30(6)45-36(34)46(57)49(8,64-45)61-24-21-33(60-9)27(3)43(62-31(7)52)29(5)40(54)28(4)39(25)53/h10,12-13,16-21,24-25,27-29,33,39-40,43,53-54H,11,14-15,22-23H2,1-9H3,(H,50,58)/b17-16+,24-21+,26-18-/t25-,27+,28+,29-,33-,39-,40-,43+,49-/m0/s1. The number of ether oxygens (including phenoxy) is 5. The minimum absolute atomic E-state index is 0.0494. The predicted molar refractivity (Wildman–Crippen MR) is 233 cm³/mol. The minimum atomic E-state index is -2.13. The first-order chi connectivity index (χ1) is 30.3. The average molecular weight is 883 g/mol. The number of likely N-dealkylation sites (tertiary alicyclic amines) is 1. The number of piperidine rings is 1. The Balaban J connectivity index is 1.55. The number of nitrogens with one attached hydrogen (secondary N) is 1. The van der Waals surface area contributed by atoms with Crippen molar-refractivity contribution in [2.75, 3.05) is 20.2 Å². The van der Waals surface area contributed by atoms with Gasteiger partial charge in [-0.1, -0.05) is 64.1 Å². The summed E-state index contributed by atoms with van der Waals surface area (Å²) in [5, 5.41) is 25.7. The Labute approximate surface area is 373 Å². The zero-order chi connectivity index (χ0) is 46.8. The van der Waals surface area contributed by atoms with Crippen molar-refractivity contribution in [1.82, 2.24) is 10.2 Å². The molecule has 1 amide bonds. The van der Waals surface area contributed by atoms with E-state index < -0.39 is 94.6 Å². The maximum absolute atomic E-state index is 15.2. The van der Waals surface area contributed by atoms with Crippen LogP contribution in [-0.2, 0) is 23.8 Å². The number of esters is 2. The summed E-state index contributed by atoms with van der Waals surface area (Å²) >= 11 is 0. The van der Waals surface area contributed by atoms with Crippen LogP contribution in [0.1, 0.15) is 115 Å². The number of allylic oxidation sites excluding steroid dienone is 4. The molecule has 1 aliphatic carbocycles. The highest BCUT2D eigenvalue weighted by Gasteiger charge is 2.53. The minimum Gasteiger partial charge on any atom is -0.462 e. The van der Waals surface area contributed by atoms with Crippen LogP contribution >= 0.6 is 0 Å². The molecule has 1 saturated heterocycles. The molecule has 2 aromatic rings. The fourth-order valence-electron chi connectivity index (χ4n) is 8.93. The second-order valence-corrected chi connectivity index (χ2v) is 17.3. The highest BCUT2D eigenvalue weighted by atomic mass is 16.7. The van der Waals surface area contributed by atoms with E-state index in [1.807, 2.05) is 0 Å². The number of Topliss-reactive ketones (excluding diaryl/α,β-unsaturated/α-hetero) is 3. The van der Waals surface area contributed by atoms with Gasteiger partial charge in [-0.2, -0.15) is 0 Å². The van der Waals surface area contributed by atoms with Gasteiger partial charge >= 0.3 is 17.7 Å². The van der Waals surface area contributed by atoms with Crippen molar-refractivity contribution in [1.29, 1.82) is 0 Å². The molecule has 15 heteroatoms. The summed E-state index contributed by atoms with van der Waals surface area (Å²) in [6.45, 7) is 13.2. The lowest BCUT2D eigenvalue weighted by Crippen LogP contribution is -2.46. The van der Waals surface area contributed by atoms with E-state index in [9.17, 15) is 29.4 Å². The van der Waals surface area contributed by atoms with E-state index in [-0.39, 0.29) is 50.7 Å². The summed E-state index contributed by atoms with van der Waals surface area (Å²) in [6, 6.07) is 8.01. The van der Waals surface area contributed by atoms with Gasteiger partial charge in [0.1, 0.15) is 29.0 Å². The molecule has 0 unspecified atom stereocenters. The molecule has 2 aromatic carbocycles. The number of carbonyl (C=O) groups is 6. The topological polar surface area (TPSA) is 204 Å². The molecule has 4 heterocycles. The van der Waals surface area contributed by atoms with Crippen LogP contribution in [0.3, 0.4) is 0 Å². The molecule has 0 radical (unpaired) electrons. The largest absolute Gasteiger partial charge is 0.462 e. The second-order valence-electron chi connectivity index (χ2n) is 17.3. The molecule has 1 fully saturated rings. The summed E-state index contributed by atoms with van der Waals surface area (Å²) < 4.78 is 29.9. The van der Waals surface area contributed by atoms with Crippen LogP contribution in [0.5, 0.6) is 11.5 Å². The van der Waals surface area contributed by atoms with Gasteiger partial charge < -0.3 is 44.1 Å². The van der Waals surface area contributed by atoms with Gasteiger partial charge in [-0.05, 0) is 51.3 Å². The van der Waals surface area contributed by atoms with Gasteiger partial charge in [0, 0.05) is 68.9 Å². The number of carbonyl (C=O) groups excluding carboxylic acids is 6. The van der Waals surface area contributed by atoms with E-state index in [0.29, 0.717) is 25.9 Å². The first-order valence-corrected chi connectivity index (χ1v) is 21.7. The van der Waals surface area contributed by atoms with E-state index in [2.05, 4.69) is 5.32 Å². The van der Waals surface area contributed by atoms with Crippen LogP contribution in [0, 0.1) is 30.6 Å². The van der Waals surface area contributed by atoms with Crippen LogP contribution in [0.25, 0.3) is 0 Å². The molecule has 5 aliphatic rings. The lowest BCUT2D eigenvalue weighted by molar-refractivity contribution is -0.160. The zero-order valence-corrected chi connectivity index (χ0v) is 37.8. The summed E-state index contributed by atoms with van der Waals surface area (Å²) in [5.41, 5.74) is -1.13. The number of aliphatic hydroxyl groups excluding tert-OH is 2. The molecular weight excluding hydrogens is 825 g/mol. The van der Waals surface area contributed by atoms with Crippen molar-refractivity contribution in [2.45, 2.75) is 105 Å². The highest BCUT2D eigenvalue weighted by molar-refractivity contribution is 6.32. The second kappa shape index (κ2) is 19.5. The Morgan fingerprint density at radius 2 is 1.53 bits per heavy atom. The number of fused-ring (bicyclic) bond motifs is 14. The number of amides is 1. The van der Waals surface area contributed by atoms with E-state index in [0.717, 1.165) is 6.42 Å². The van der Waals surface area contributed by atoms with Crippen LogP contribution < -0.4 is 14.8 Å². The monoisotopic (exact) mass is 882 g/mol. The average Bonchev–Trinajstić information content (AvgIpc) is 3.54. The summed E-state index contributed by atoms with van der Waals surface area (Å²) in [4.78, 5) is 87.0. The Kier molecular flexibility index (Phi) is 14.5. The van der Waals surface area contributed by atoms with Crippen molar-refractivity contribution < 1.29 is 62.7 Å². The van der Waals surface area contributed by atoms with Crippen LogP contribution in [-0.4, -0.2) is 101 Å². The molecule has 9 atom stereocenters. The smallest absolute Gasteiger partial charge is 0.343 e. The molecule has 342 valence electrons. The van der Waals surface area contributed by atoms with E-state index in [1.54, 1.807) is 62.9 Å². The number of methoxy groups -OCH3 is 1. The van der Waals surface area contributed by atoms with Crippen molar-refractivity contribution in [3.8, 4) is 11.5 Å². The number of rotatable bonds is 5. The van der Waals surface area contributed by atoms with Gasteiger partial charge in [0.25, 0.3) is 11.7 Å². The molecule has 0 aromatic heterocycles. The van der Waals surface area contributed by atoms with Crippen molar-refractivity contribution in [3.05, 3.63) is 106 Å². The van der Waals surface area contributed by atoms with Gasteiger partial charge in [0.05, 0.1) is 46.8 Å². The van der Waals surface area contributed by atoms with Crippen molar-refractivity contribution >= 4 is 35.2 Å². The maximum atomic E-state index is 15.2. The maximum Gasteiger partial charge on any atom is 0.343 e. The fourth-order valence-corrected chi connectivity index (χ4v) is 8.93. The molecule has 0 saturated carbocycles. The van der Waals surface area contributed by atoms with Gasteiger partial charge in [-0.15, -0.1) is 0 Å². The molecule has 3 N–H and O–H groups in total. The van der Waals surface area contributed by atoms with Crippen molar-refractivity contribution in [3.63, 3.8) is 0 Å². The SMILES string of the molecule is CO[C@H]1/C=C/O[C@@]2(C)Oc3c(C)c(OC(=O)c4ccccc4)c4c(c3C2=O)C(=O)C(N2CCCCC2)=C(NC(=O)/C(C)=C\C=C\[C@H](C)[C@H](O)[C@@H](C)[C@H](O)[C@H](C)[C@H](OC(C)=O)[C@@H]1C)C4=O. The Morgan fingerprint density at radius 3 is 2.17 bits per heavy atom. The predicted octanol–water partition coefficient (Wildman–Crippen LogP) is 5.96. The quantitative estimate of drug-likeness (QED) is 0.234.